The van der Waals surface area contributed by atoms with Gasteiger partial charge in [-0.25, -0.2) is 13.4 Å². The number of hydrogen-bond donors (Lipinski definition) is 3. The number of nitrogens with one attached hydrogen (secondary N) is 2. The van der Waals surface area contributed by atoms with Crippen molar-refractivity contribution in [1.82, 2.24) is 9.71 Å². The molecule has 7 nitrogen and oxygen atoms in total. The van der Waals surface area contributed by atoms with Gasteiger partial charge in [0, 0.05) is 17.1 Å². The number of anilines is 1. The number of rotatable bonds is 2. The van der Waals surface area contributed by atoms with Crippen LogP contribution in [0.4, 0.5) is 5.82 Å². The van der Waals surface area contributed by atoms with Crippen molar-refractivity contribution in [2.75, 3.05) is 5.32 Å². The fourth-order valence-electron chi connectivity index (χ4n) is 2.86. The second-order valence-corrected chi connectivity index (χ2v) is 7.28. The van der Waals surface area contributed by atoms with Crippen molar-refractivity contribution < 1.29 is 18.3 Å². The third-order valence-electron chi connectivity index (χ3n) is 4.01. The summed E-state index contributed by atoms with van der Waals surface area (Å²) in [5, 5.41) is 14.2. The lowest BCUT2D eigenvalue weighted by atomic mass is 10.0. The number of hydrogen-bond acceptors (Lipinski definition) is 5. The molecule has 0 fully saturated rings. The average Bonchev–Trinajstić information content (AvgIpc) is 2.64. The summed E-state index contributed by atoms with van der Waals surface area (Å²) in [6, 6.07) is 15.0. The fourth-order valence-corrected chi connectivity index (χ4v) is 4.35. The first-order valence-electron chi connectivity index (χ1n) is 7.68. The Balaban J connectivity index is 1.86. The quantitative estimate of drug-likeness (QED) is 0.644. The molecule has 2 aromatic carbocycles. The summed E-state index contributed by atoms with van der Waals surface area (Å²) in [4.78, 5) is 16.3. The van der Waals surface area contributed by atoms with Crippen LogP contribution < -0.4 is 10.0 Å². The molecule has 0 bridgehead atoms. The van der Waals surface area contributed by atoms with E-state index in [1.54, 1.807) is 48.5 Å². The molecule has 1 aromatic heterocycles. The van der Waals surface area contributed by atoms with Crippen LogP contribution in [0.15, 0.2) is 71.4 Å². The number of aromatic nitrogens is 1. The lowest BCUT2D eigenvalue weighted by Crippen LogP contribution is -2.35. The Morgan fingerprint density at radius 2 is 1.81 bits per heavy atom. The van der Waals surface area contributed by atoms with Crippen molar-refractivity contribution in [2.45, 2.75) is 4.90 Å². The van der Waals surface area contributed by atoms with Gasteiger partial charge >= 0.3 is 0 Å². The predicted molar refractivity (Wildman–Crippen MR) is 96.7 cm³/mol. The molecule has 2 heterocycles. The van der Waals surface area contributed by atoms with Gasteiger partial charge in [-0.1, -0.05) is 36.4 Å². The number of carbonyl (C=O) groups excluding carboxylic acids is 1. The average molecular weight is 367 g/mol. The summed E-state index contributed by atoms with van der Waals surface area (Å²) in [6.45, 7) is 0. The maximum Gasteiger partial charge on any atom is 0.277 e. The van der Waals surface area contributed by atoms with E-state index in [0.717, 1.165) is 0 Å². The van der Waals surface area contributed by atoms with E-state index in [9.17, 15) is 18.3 Å². The topological polar surface area (TPSA) is 108 Å². The number of sulfonamides is 1. The van der Waals surface area contributed by atoms with Crippen LogP contribution in [-0.4, -0.2) is 24.4 Å². The molecule has 1 aliphatic rings. The van der Waals surface area contributed by atoms with Crippen molar-refractivity contribution in [3.8, 4) is 0 Å². The van der Waals surface area contributed by atoms with Gasteiger partial charge in [0.2, 0.25) is 0 Å². The number of aliphatic hydroxyl groups excluding tert-OH is 1. The van der Waals surface area contributed by atoms with Gasteiger partial charge in [0.25, 0.3) is 15.9 Å². The molecule has 0 spiro atoms. The molecule has 3 aromatic rings. The van der Waals surface area contributed by atoms with Crippen LogP contribution in [0.3, 0.4) is 0 Å². The number of nitrogens with zero attached hydrogens (tertiary/aromatic N) is 1. The third-order valence-corrected chi connectivity index (χ3v) is 5.46. The van der Waals surface area contributed by atoms with Crippen LogP contribution in [0.2, 0.25) is 0 Å². The van der Waals surface area contributed by atoms with Crippen LogP contribution in [0.25, 0.3) is 16.5 Å². The second kappa shape index (κ2) is 5.85. The number of pyridine rings is 1. The minimum Gasteiger partial charge on any atom is -0.505 e. The van der Waals surface area contributed by atoms with Crippen molar-refractivity contribution in [3.63, 3.8) is 0 Å². The Morgan fingerprint density at radius 1 is 1.04 bits per heavy atom. The molecular formula is C18H13N3O4S. The van der Waals surface area contributed by atoms with Crippen molar-refractivity contribution in [1.29, 1.82) is 0 Å². The van der Waals surface area contributed by atoms with E-state index in [1.165, 1.54) is 12.3 Å². The normalized spacial score (nSPS) is 15.2. The molecule has 130 valence electrons. The SMILES string of the molecule is O=C(Nc1ccccn1)C1=C(O)c2ccc3ccccc3c2S(=O)(=O)N1. The van der Waals surface area contributed by atoms with E-state index in [1.807, 2.05) is 0 Å². The molecular weight excluding hydrogens is 354 g/mol. The lowest BCUT2D eigenvalue weighted by molar-refractivity contribution is -0.113. The van der Waals surface area contributed by atoms with Gasteiger partial charge in [-0.15, -0.1) is 0 Å². The second-order valence-electron chi connectivity index (χ2n) is 5.66. The first-order chi connectivity index (χ1) is 12.5. The highest BCUT2D eigenvalue weighted by atomic mass is 32.2. The zero-order chi connectivity index (χ0) is 18.3. The molecule has 0 atom stereocenters. The van der Waals surface area contributed by atoms with Crippen LogP contribution in [0.5, 0.6) is 0 Å². The van der Waals surface area contributed by atoms with Crippen LogP contribution in [0.1, 0.15) is 5.56 Å². The Morgan fingerprint density at radius 3 is 2.58 bits per heavy atom. The highest BCUT2D eigenvalue weighted by molar-refractivity contribution is 7.90. The number of benzene rings is 2. The van der Waals surface area contributed by atoms with Gasteiger partial charge in [-0.3, -0.25) is 9.52 Å². The standard InChI is InChI=1S/C18H13N3O4S/c22-16-13-9-8-11-5-1-2-6-12(11)17(13)26(24,25)21-15(16)18(23)20-14-7-3-4-10-19-14/h1-10,21-22H,(H,19,20,23). The van der Waals surface area contributed by atoms with E-state index in [-0.39, 0.29) is 16.3 Å². The van der Waals surface area contributed by atoms with Gasteiger partial charge < -0.3 is 10.4 Å². The highest BCUT2D eigenvalue weighted by Crippen LogP contribution is 2.35. The molecule has 8 heteroatoms. The molecule has 0 radical (unpaired) electrons. The van der Waals surface area contributed by atoms with E-state index < -0.39 is 27.4 Å². The minimum atomic E-state index is -4.04. The zero-order valence-corrected chi connectivity index (χ0v) is 14.1. The first kappa shape index (κ1) is 16.1. The molecule has 3 N–H and O–H groups in total. The summed E-state index contributed by atoms with van der Waals surface area (Å²) in [5.41, 5.74) is -0.368. The monoisotopic (exact) mass is 367 g/mol. The van der Waals surface area contributed by atoms with Gasteiger partial charge in [0.15, 0.2) is 11.5 Å². The molecule has 0 saturated carbocycles. The smallest absolute Gasteiger partial charge is 0.277 e. The Bertz CT molecular complexity index is 1170. The van der Waals surface area contributed by atoms with E-state index >= 15 is 0 Å². The zero-order valence-electron chi connectivity index (χ0n) is 13.3. The predicted octanol–water partition coefficient (Wildman–Crippen LogP) is 2.39. The molecule has 1 amide bonds. The maximum absolute atomic E-state index is 12.7. The van der Waals surface area contributed by atoms with Crippen molar-refractivity contribution in [3.05, 3.63) is 72.1 Å². The molecule has 26 heavy (non-hydrogen) atoms. The summed E-state index contributed by atoms with van der Waals surface area (Å²) in [6.07, 6.45) is 1.48. The van der Waals surface area contributed by atoms with Gasteiger partial charge in [0.05, 0.1) is 0 Å². The maximum atomic E-state index is 12.7. The number of fused-ring (bicyclic) bond motifs is 3. The molecule has 0 unspecified atom stereocenters. The van der Waals surface area contributed by atoms with Gasteiger partial charge in [-0.05, 0) is 23.6 Å². The first-order valence-corrected chi connectivity index (χ1v) is 9.16. The number of carbonyl (C=O) groups is 1. The van der Waals surface area contributed by atoms with Gasteiger partial charge in [-0.2, -0.15) is 0 Å². The Kier molecular flexibility index (Phi) is 3.62. The summed E-state index contributed by atoms with van der Waals surface area (Å²) >= 11 is 0. The molecule has 4 rings (SSSR count). The number of aliphatic hydroxyl groups is 1. The van der Waals surface area contributed by atoms with E-state index in [4.69, 9.17) is 0 Å². The summed E-state index contributed by atoms with van der Waals surface area (Å²) in [5.74, 6) is -1.00. The minimum absolute atomic E-state index is 0.0533. The van der Waals surface area contributed by atoms with Crippen LogP contribution in [-0.2, 0) is 14.8 Å². The summed E-state index contributed by atoms with van der Waals surface area (Å²) in [7, 11) is -4.04. The van der Waals surface area contributed by atoms with E-state index in [2.05, 4.69) is 15.0 Å². The molecule has 0 aliphatic carbocycles. The third kappa shape index (κ3) is 2.56. The Hall–Kier alpha value is -3.39. The van der Waals surface area contributed by atoms with Crippen molar-refractivity contribution in [2.24, 2.45) is 0 Å². The van der Waals surface area contributed by atoms with Crippen LogP contribution >= 0.6 is 0 Å². The van der Waals surface area contributed by atoms with Crippen molar-refractivity contribution >= 4 is 38.3 Å². The van der Waals surface area contributed by atoms with Crippen LogP contribution in [0, 0.1) is 0 Å². The van der Waals surface area contributed by atoms with E-state index in [0.29, 0.717) is 10.8 Å². The lowest BCUT2D eigenvalue weighted by Gasteiger charge is -2.22. The molecule has 0 saturated heterocycles. The summed E-state index contributed by atoms with van der Waals surface area (Å²) < 4.78 is 27.7. The number of amides is 1. The van der Waals surface area contributed by atoms with Gasteiger partial charge in [0.1, 0.15) is 10.7 Å². The Labute approximate surface area is 149 Å². The fraction of sp³-hybridized carbons (Fsp3) is 0. The molecule has 1 aliphatic heterocycles. The largest absolute Gasteiger partial charge is 0.505 e. The highest BCUT2D eigenvalue weighted by Gasteiger charge is 2.34.